The van der Waals surface area contributed by atoms with E-state index in [2.05, 4.69) is 16.6 Å². The molecule has 1 aromatic rings. The minimum atomic E-state index is -2.87. The number of alkyl halides is 2. The minimum Gasteiger partial charge on any atom is -0.435 e. The van der Waals surface area contributed by atoms with Crippen molar-refractivity contribution in [2.75, 3.05) is 19.7 Å². The first kappa shape index (κ1) is 17.2. The number of urea groups is 1. The monoisotopic (exact) mass is 326 g/mol. The van der Waals surface area contributed by atoms with Crippen LogP contribution in [0.4, 0.5) is 13.6 Å². The number of hydrogen-bond acceptors (Lipinski definition) is 3. The quantitative estimate of drug-likeness (QED) is 0.847. The largest absolute Gasteiger partial charge is 0.435 e. The van der Waals surface area contributed by atoms with Gasteiger partial charge >= 0.3 is 12.6 Å². The van der Waals surface area contributed by atoms with Crippen LogP contribution in [0, 0.1) is 0 Å². The average molecular weight is 326 g/mol. The van der Waals surface area contributed by atoms with Gasteiger partial charge in [-0.05, 0) is 24.6 Å². The van der Waals surface area contributed by atoms with Gasteiger partial charge in [0, 0.05) is 12.6 Å². The van der Waals surface area contributed by atoms with Crippen molar-refractivity contribution in [3.63, 3.8) is 0 Å². The third kappa shape index (κ3) is 4.92. The number of nitrogens with one attached hydrogen (secondary N) is 1. The number of carbonyl (C=O) groups excluding carboxylic acids is 1. The van der Waals surface area contributed by atoms with Crippen LogP contribution in [-0.2, 0) is 4.74 Å². The van der Waals surface area contributed by atoms with E-state index in [1.807, 2.05) is 6.92 Å². The van der Waals surface area contributed by atoms with Crippen molar-refractivity contribution >= 4 is 6.03 Å². The number of benzene rings is 1. The fraction of sp³-hybridized carbons (Fsp3) is 0.438. The van der Waals surface area contributed by atoms with Crippen LogP contribution in [0.2, 0.25) is 0 Å². The first-order valence-electron chi connectivity index (χ1n) is 7.34. The van der Waals surface area contributed by atoms with Crippen molar-refractivity contribution in [1.82, 2.24) is 10.2 Å². The van der Waals surface area contributed by atoms with E-state index >= 15 is 0 Å². The highest BCUT2D eigenvalue weighted by Crippen LogP contribution is 2.26. The van der Waals surface area contributed by atoms with Gasteiger partial charge in [0.05, 0.1) is 13.2 Å². The highest BCUT2D eigenvalue weighted by molar-refractivity contribution is 5.74. The number of halogens is 2. The molecule has 2 amide bonds. The molecule has 1 saturated heterocycles. The average Bonchev–Trinajstić information content (AvgIpc) is 2.54. The number of nitrogens with zero attached hydrogens (tertiary/aromatic N) is 1. The summed E-state index contributed by atoms with van der Waals surface area (Å²) in [4.78, 5) is 13.8. The molecule has 5 nitrogen and oxygen atoms in total. The molecule has 0 bridgehead atoms. The Morgan fingerprint density at radius 1 is 1.57 bits per heavy atom. The molecule has 1 N–H and O–H groups in total. The molecule has 1 aromatic carbocycles. The summed E-state index contributed by atoms with van der Waals surface area (Å²) in [7, 11) is 0. The first-order valence-corrected chi connectivity index (χ1v) is 7.34. The molecule has 0 radical (unpaired) electrons. The van der Waals surface area contributed by atoms with Gasteiger partial charge in [-0.25, -0.2) is 4.79 Å². The third-order valence-corrected chi connectivity index (χ3v) is 3.51. The Bertz CT molecular complexity index is 554. The molecule has 0 aromatic heterocycles. The van der Waals surface area contributed by atoms with Gasteiger partial charge in [0.2, 0.25) is 0 Å². The molecular weight excluding hydrogens is 306 g/mol. The van der Waals surface area contributed by atoms with Crippen LogP contribution >= 0.6 is 0 Å². The Kier molecular flexibility index (Phi) is 5.92. The molecule has 0 saturated carbocycles. The lowest BCUT2D eigenvalue weighted by Gasteiger charge is -2.33. The van der Waals surface area contributed by atoms with Gasteiger partial charge in [0.15, 0.2) is 0 Å². The summed E-state index contributed by atoms with van der Waals surface area (Å²) in [6.45, 7) is 3.76. The highest BCUT2D eigenvalue weighted by atomic mass is 19.3. The van der Waals surface area contributed by atoms with Crippen LogP contribution in [0.1, 0.15) is 18.6 Å². The third-order valence-electron chi connectivity index (χ3n) is 3.51. The van der Waals surface area contributed by atoms with Crippen molar-refractivity contribution in [1.29, 1.82) is 0 Å². The fourth-order valence-electron chi connectivity index (χ4n) is 2.27. The van der Waals surface area contributed by atoms with Crippen LogP contribution in [0.15, 0.2) is 36.9 Å². The van der Waals surface area contributed by atoms with Gasteiger partial charge in [-0.2, -0.15) is 8.78 Å². The van der Waals surface area contributed by atoms with E-state index in [4.69, 9.17) is 4.74 Å². The zero-order chi connectivity index (χ0) is 16.8. The van der Waals surface area contributed by atoms with Crippen molar-refractivity contribution in [2.45, 2.75) is 25.7 Å². The standard InChI is InChI=1S/C16H20F2N2O3/c1-3-11(2)19-16(21)20-7-8-22-14(10-20)12-5-4-6-13(9-12)23-15(17)18/h3-6,9,11,14-15H,1,7-8,10H2,2H3,(H,19,21)/t11-,14+/m1/s1. The number of rotatable bonds is 5. The van der Waals surface area contributed by atoms with E-state index in [9.17, 15) is 13.6 Å². The first-order chi connectivity index (χ1) is 11.0. The van der Waals surface area contributed by atoms with Crippen molar-refractivity contribution in [3.05, 3.63) is 42.5 Å². The Morgan fingerprint density at radius 2 is 2.35 bits per heavy atom. The van der Waals surface area contributed by atoms with Crippen LogP contribution < -0.4 is 10.1 Å². The summed E-state index contributed by atoms with van der Waals surface area (Å²) in [5.41, 5.74) is 0.692. The second kappa shape index (κ2) is 7.92. The van der Waals surface area contributed by atoms with E-state index < -0.39 is 6.61 Å². The topological polar surface area (TPSA) is 50.8 Å². The van der Waals surface area contributed by atoms with E-state index in [0.29, 0.717) is 25.3 Å². The van der Waals surface area contributed by atoms with Gasteiger partial charge in [0.25, 0.3) is 0 Å². The molecule has 0 unspecified atom stereocenters. The maximum Gasteiger partial charge on any atom is 0.387 e. The predicted molar refractivity (Wildman–Crippen MR) is 81.5 cm³/mol. The Balaban J connectivity index is 2.03. The van der Waals surface area contributed by atoms with Gasteiger partial charge in [-0.3, -0.25) is 0 Å². The molecule has 0 spiro atoms. The molecule has 2 atom stereocenters. The molecular formula is C16H20F2N2O3. The number of ether oxygens (including phenoxy) is 2. The smallest absolute Gasteiger partial charge is 0.387 e. The molecule has 1 aliphatic heterocycles. The van der Waals surface area contributed by atoms with E-state index in [0.717, 1.165) is 0 Å². The second-order valence-electron chi connectivity index (χ2n) is 5.23. The van der Waals surface area contributed by atoms with Crippen LogP contribution in [0.3, 0.4) is 0 Å². The van der Waals surface area contributed by atoms with Crippen molar-refractivity contribution in [3.8, 4) is 5.75 Å². The maximum atomic E-state index is 12.3. The van der Waals surface area contributed by atoms with Crippen LogP contribution in [0.5, 0.6) is 5.75 Å². The van der Waals surface area contributed by atoms with Crippen molar-refractivity contribution in [2.24, 2.45) is 0 Å². The molecule has 1 heterocycles. The maximum absolute atomic E-state index is 12.3. The predicted octanol–water partition coefficient (Wildman–Crippen LogP) is 2.95. The molecule has 2 rings (SSSR count). The molecule has 126 valence electrons. The Labute approximate surface area is 133 Å². The summed E-state index contributed by atoms with van der Waals surface area (Å²) in [6, 6.07) is 6.00. The summed E-state index contributed by atoms with van der Waals surface area (Å²) in [6.07, 6.45) is 1.26. The number of amides is 2. The lowest BCUT2D eigenvalue weighted by molar-refractivity contribution is -0.0503. The fourth-order valence-corrected chi connectivity index (χ4v) is 2.27. The highest BCUT2D eigenvalue weighted by Gasteiger charge is 2.26. The SMILES string of the molecule is C=C[C@@H](C)NC(=O)N1CCO[C@H](c2cccc(OC(F)F)c2)C1. The van der Waals surface area contributed by atoms with Crippen LogP contribution in [-0.4, -0.2) is 43.3 Å². The number of carbonyl (C=O) groups is 1. The van der Waals surface area contributed by atoms with Crippen molar-refractivity contribution < 1.29 is 23.0 Å². The van der Waals surface area contributed by atoms with Gasteiger partial charge < -0.3 is 19.7 Å². The van der Waals surface area contributed by atoms with Crippen LogP contribution in [0.25, 0.3) is 0 Å². The molecule has 1 aliphatic rings. The summed E-state index contributed by atoms with van der Waals surface area (Å²) in [5, 5.41) is 2.80. The molecule has 23 heavy (non-hydrogen) atoms. The lowest BCUT2D eigenvalue weighted by atomic mass is 10.1. The second-order valence-corrected chi connectivity index (χ2v) is 5.23. The molecule has 0 aliphatic carbocycles. The van der Waals surface area contributed by atoms with E-state index in [-0.39, 0.29) is 23.9 Å². The zero-order valence-electron chi connectivity index (χ0n) is 12.9. The Hall–Kier alpha value is -2.15. The van der Waals surface area contributed by atoms with Gasteiger partial charge in [-0.1, -0.05) is 18.2 Å². The lowest BCUT2D eigenvalue weighted by Crippen LogP contribution is -2.49. The Morgan fingerprint density at radius 3 is 3.04 bits per heavy atom. The number of morpholine rings is 1. The molecule has 1 fully saturated rings. The van der Waals surface area contributed by atoms with E-state index in [1.165, 1.54) is 12.1 Å². The minimum absolute atomic E-state index is 0.0722. The van der Waals surface area contributed by atoms with Gasteiger partial charge in [0.1, 0.15) is 11.9 Å². The summed E-state index contributed by atoms with van der Waals surface area (Å²) in [5.74, 6) is 0.0722. The van der Waals surface area contributed by atoms with Gasteiger partial charge in [-0.15, -0.1) is 6.58 Å². The summed E-state index contributed by atoms with van der Waals surface area (Å²) < 4.78 is 34.6. The molecule has 7 heteroatoms. The zero-order valence-corrected chi connectivity index (χ0v) is 12.9. The van der Waals surface area contributed by atoms with E-state index in [1.54, 1.807) is 23.1 Å². The summed E-state index contributed by atoms with van der Waals surface area (Å²) >= 11 is 0. The number of hydrogen-bond donors (Lipinski definition) is 1. The normalized spacial score (nSPS) is 19.3.